The zero-order chi connectivity index (χ0) is 27.8. The third-order valence-corrected chi connectivity index (χ3v) is 4.00. The van der Waals surface area contributed by atoms with Crippen LogP contribution in [-0.2, 0) is 14.2 Å². The number of alkyl carbamates (subject to hydrolysis) is 3. The first-order valence-corrected chi connectivity index (χ1v) is 10.4. The molecule has 0 saturated carbocycles. The van der Waals surface area contributed by atoms with Crippen molar-refractivity contribution in [3.8, 4) is 0 Å². The van der Waals surface area contributed by atoms with E-state index in [-0.39, 0.29) is 44.8 Å². The molecule has 3 amide bonds. The van der Waals surface area contributed by atoms with Crippen LogP contribution in [0.3, 0.4) is 0 Å². The van der Waals surface area contributed by atoms with Crippen molar-refractivity contribution in [1.82, 2.24) is 16.0 Å². The molecule has 9 nitrogen and oxygen atoms in total. The van der Waals surface area contributed by atoms with E-state index in [1.807, 2.05) is 0 Å². The van der Waals surface area contributed by atoms with E-state index in [0.29, 0.717) is 12.8 Å². The van der Waals surface area contributed by atoms with Crippen molar-refractivity contribution in [2.75, 3.05) is 39.5 Å². The van der Waals surface area contributed by atoms with Crippen LogP contribution in [0.4, 0.5) is 53.9 Å². The Balaban J connectivity index is 4.42. The van der Waals surface area contributed by atoms with Crippen LogP contribution < -0.4 is 16.0 Å². The Hall–Kier alpha value is -2.82. The minimum Gasteiger partial charge on any atom is -0.440 e. The summed E-state index contributed by atoms with van der Waals surface area (Å²) < 4.78 is 120. The second-order valence-corrected chi connectivity index (χ2v) is 7.31. The van der Waals surface area contributed by atoms with E-state index in [1.165, 1.54) is 0 Å². The van der Waals surface area contributed by atoms with Gasteiger partial charge in [0.1, 0.15) is 0 Å². The lowest BCUT2D eigenvalue weighted by Gasteiger charge is -2.18. The highest BCUT2D eigenvalue weighted by Gasteiger charge is 2.31. The van der Waals surface area contributed by atoms with Crippen molar-refractivity contribution in [2.45, 2.75) is 50.6 Å². The summed E-state index contributed by atoms with van der Waals surface area (Å²) in [4.78, 5) is 33.8. The van der Waals surface area contributed by atoms with E-state index in [0.717, 1.165) is 0 Å². The summed E-state index contributed by atoms with van der Waals surface area (Å²) in [5.41, 5.74) is 0. The number of alkyl halides is 9. The number of hydrogen-bond acceptors (Lipinski definition) is 6. The van der Waals surface area contributed by atoms with Crippen LogP contribution in [0.1, 0.15) is 32.1 Å². The lowest BCUT2D eigenvalue weighted by atomic mass is 9.96. The Labute approximate surface area is 199 Å². The van der Waals surface area contributed by atoms with Gasteiger partial charge in [-0.25, -0.2) is 14.4 Å². The zero-order valence-electron chi connectivity index (χ0n) is 18.7. The van der Waals surface area contributed by atoms with Gasteiger partial charge in [0.05, 0.1) is 0 Å². The van der Waals surface area contributed by atoms with Gasteiger partial charge in [-0.2, -0.15) is 39.5 Å². The number of ether oxygens (including phenoxy) is 3. The largest absolute Gasteiger partial charge is 0.440 e. The van der Waals surface area contributed by atoms with Gasteiger partial charge >= 0.3 is 36.8 Å². The van der Waals surface area contributed by atoms with E-state index < -0.39 is 56.6 Å². The van der Waals surface area contributed by atoms with E-state index in [9.17, 15) is 53.9 Å². The van der Waals surface area contributed by atoms with Gasteiger partial charge in [0.15, 0.2) is 19.8 Å². The second-order valence-electron chi connectivity index (χ2n) is 7.31. The van der Waals surface area contributed by atoms with E-state index in [1.54, 1.807) is 0 Å². The molecule has 0 heterocycles. The molecule has 212 valence electrons. The molecule has 0 aromatic heterocycles. The number of unbranched alkanes of at least 4 members (excludes halogenated alkanes) is 1. The highest BCUT2D eigenvalue weighted by Crippen LogP contribution is 2.17. The molecule has 0 aliphatic carbocycles. The highest BCUT2D eigenvalue weighted by molar-refractivity contribution is 5.67. The molecule has 0 aliphatic heterocycles. The Bertz CT molecular complexity index is 672. The van der Waals surface area contributed by atoms with Gasteiger partial charge in [-0.05, 0) is 31.6 Å². The molecule has 0 aromatic rings. The van der Waals surface area contributed by atoms with Crippen molar-refractivity contribution in [3.63, 3.8) is 0 Å². The number of halogens is 9. The van der Waals surface area contributed by atoms with Crippen molar-refractivity contribution >= 4 is 18.3 Å². The molecule has 0 bridgehead atoms. The third-order valence-electron chi connectivity index (χ3n) is 4.00. The molecule has 0 fully saturated rings. The average molecular weight is 551 g/mol. The number of nitrogens with one attached hydrogen (secondary N) is 3. The van der Waals surface area contributed by atoms with Crippen LogP contribution in [0.2, 0.25) is 0 Å². The fraction of sp³-hybridized carbons (Fsp3) is 0.833. The molecule has 0 aliphatic rings. The van der Waals surface area contributed by atoms with Crippen molar-refractivity contribution < 1.29 is 68.1 Å². The van der Waals surface area contributed by atoms with Gasteiger partial charge in [-0.3, -0.25) is 0 Å². The van der Waals surface area contributed by atoms with Crippen molar-refractivity contribution in [2.24, 2.45) is 5.92 Å². The van der Waals surface area contributed by atoms with Gasteiger partial charge in [0.25, 0.3) is 0 Å². The summed E-state index contributed by atoms with van der Waals surface area (Å²) >= 11 is 0. The summed E-state index contributed by atoms with van der Waals surface area (Å²) in [5, 5.41) is 6.32. The molecule has 18 heteroatoms. The monoisotopic (exact) mass is 551 g/mol. The topological polar surface area (TPSA) is 115 Å². The first-order chi connectivity index (χ1) is 16.5. The zero-order valence-corrected chi connectivity index (χ0v) is 18.7. The van der Waals surface area contributed by atoms with E-state index in [4.69, 9.17) is 0 Å². The molecule has 0 radical (unpaired) electrons. The number of hydrogen-bond donors (Lipinski definition) is 3. The van der Waals surface area contributed by atoms with Gasteiger partial charge in [-0.15, -0.1) is 0 Å². The van der Waals surface area contributed by atoms with E-state index in [2.05, 4.69) is 30.2 Å². The normalized spacial score (nSPS) is 12.9. The maximum Gasteiger partial charge on any atom is 0.422 e. The molecule has 36 heavy (non-hydrogen) atoms. The van der Waals surface area contributed by atoms with Crippen molar-refractivity contribution in [3.05, 3.63) is 0 Å². The molecule has 1 unspecified atom stereocenters. The Kier molecular flexibility index (Phi) is 14.8. The predicted molar refractivity (Wildman–Crippen MR) is 103 cm³/mol. The Morgan fingerprint density at radius 3 is 1.33 bits per heavy atom. The minimum absolute atomic E-state index is 0.0446. The van der Waals surface area contributed by atoms with Crippen LogP contribution in [0.25, 0.3) is 0 Å². The lowest BCUT2D eigenvalue weighted by molar-refractivity contribution is -0.160. The van der Waals surface area contributed by atoms with Crippen LogP contribution in [-0.4, -0.2) is 76.3 Å². The Morgan fingerprint density at radius 1 is 0.556 bits per heavy atom. The smallest absolute Gasteiger partial charge is 0.422 e. The van der Waals surface area contributed by atoms with E-state index >= 15 is 0 Å². The molecule has 3 N–H and O–H groups in total. The summed E-state index contributed by atoms with van der Waals surface area (Å²) in [7, 11) is 0. The Morgan fingerprint density at radius 2 is 0.917 bits per heavy atom. The summed E-state index contributed by atoms with van der Waals surface area (Å²) in [6.07, 6.45) is -16.6. The molecule has 0 spiro atoms. The van der Waals surface area contributed by atoms with Gasteiger partial charge in [0.2, 0.25) is 0 Å². The molecule has 0 aromatic carbocycles. The minimum atomic E-state index is -4.72. The molecular weight excluding hydrogens is 525 g/mol. The summed E-state index contributed by atoms with van der Waals surface area (Å²) in [6.45, 7) is -5.62. The maximum atomic E-state index is 12.1. The third kappa shape index (κ3) is 22.9. The van der Waals surface area contributed by atoms with Gasteiger partial charge in [-0.1, -0.05) is 6.42 Å². The number of rotatable bonds is 14. The molecule has 1 atom stereocenters. The SMILES string of the molecule is O=C(NCCCCC(CCCNC(=O)OCC(F)(F)F)CNC(=O)OCC(F)(F)F)OCC(F)(F)F. The molecule has 0 saturated heterocycles. The van der Waals surface area contributed by atoms with Crippen LogP contribution >= 0.6 is 0 Å². The molecule has 0 rings (SSSR count). The lowest BCUT2D eigenvalue weighted by Crippen LogP contribution is -2.33. The quantitative estimate of drug-likeness (QED) is 0.167. The van der Waals surface area contributed by atoms with Gasteiger partial charge < -0.3 is 30.2 Å². The second kappa shape index (κ2) is 16.0. The first kappa shape index (κ1) is 33.2. The first-order valence-electron chi connectivity index (χ1n) is 10.4. The summed E-state index contributed by atoms with van der Waals surface area (Å²) in [6, 6.07) is 0. The standard InChI is InChI=1S/C18H26F9N3O6/c19-16(20,21)9-34-13(31)28-6-2-1-4-12(8-30-15(33)36-11-18(25,26)27)5-3-7-29-14(32)35-10-17(22,23)24/h12H,1-11H2,(H,28,31)(H,29,32)(H,30,33). The number of amides is 3. The summed E-state index contributed by atoms with van der Waals surface area (Å²) in [5.74, 6) is -0.381. The predicted octanol–water partition coefficient (Wildman–Crippen LogP) is 4.42. The fourth-order valence-corrected chi connectivity index (χ4v) is 2.50. The number of carbonyl (C=O) groups excluding carboxylic acids is 3. The fourth-order valence-electron chi connectivity index (χ4n) is 2.50. The highest BCUT2D eigenvalue weighted by atomic mass is 19.4. The number of carbonyl (C=O) groups is 3. The maximum absolute atomic E-state index is 12.1. The molecular formula is C18H26F9N3O6. The van der Waals surface area contributed by atoms with Crippen molar-refractivity contribution in [1.29, 1.82) is 0 Å². The van der Waals surface area contributed by atoms with Crippen LogP contribution in [0.15, 0.2) is 0 Å². The van der Waals surface area contributed by atoms with Crippen LogP contribution in [0.5, 0.6) is 0 Å². The van der Waals surface area contributed by atoms with Crippen LogP contribution in [0, 0.1) is 5.92 Å². The average Bonchev–Trinajstić information content (AvgIpc) is 2.73. The van der Waals surface area contributed by atoms with Gasteiger partial charge in [0, 0.05) is 19.6 Å².